The molecule has 0 spiro atoms. The van der Waals surface area contributed by atoms with E-state index in [-0.39, 0.29) is 5.91 Å². The molecule has 1 heterocycles. The Kier molecular flexibility index (Phi) is 6.74. The molecule has 0 aliphatic rings. The lowest BCUT2D eigenvalue weighted by molar-refractivity contribution is 0.0955. The van der Waals surface area contributed by atoms with Crippen LogP contribution in [0.4, 0.5) is 5.82 Å². The normalized spacial score (nSPS) is 9.96. The Morgan fingerprint density at radius 1 is 1.17 bits per heavy atom. The van der Waals surface area contributed by atoms with Crippen molar-refractivity contribution >= 4 is 11.7 Å². The number of carbonyl (C=O) groups is 1. The van der Waals surface area contributed by atoms with Crippen LogP contribution in [0.5, 0.6) is 0 Å². The number of amides is 1. The third kappa shape index (κ3) is 6.07. The van der Waals surface area contributed by atoms with Gasteiger partial charge in [-0.3, -0.25) is 9.69 Å². The van der Waals surface area contributed by atoms with Crippen LogP contribution in [0, 0.1) is 11.8 Å². The maximum Gasteiger partial charge on any atom is 0.251 e. The van der Waals surface area contributed by atoms with Gasteiger partial charge >= 0.3 is 0 Å². The van der Waals surface area contributed by atoms with Gasteiger partial charge in [0.2, 0.25) is 5.82 Å². The number of benzene rings is 1. The second-order valence-electron chi connectivity index (χ2n) is 5.35. The predicted molar refractivity (Wildman–Crippen MR) is 94.7 cm³/mol. The van der Waals surface area contributed by atoms with E-state index in [1.807, 2.05) is 37.2 Å². The Morgan fingerprint density at radius 3 is 2.71 bits per heavy atom. The molecule has 6 heteroatoms. The molecule has 24 heavy (non-hydrogen) atoms. The quantitative estimate of drug-likeness (QED) is 0.618. The van der Waals surface area contributed by atoms with Crippen LogP contribution in [0.3, 0.4) is 0 Å². The minimum atomic E-state index is -0.0877. The van der Waals surface area contributed by atoms with Crippen molar-refractivity contribution < 1.29 is 4.79 Å². The average molecular weight is 323 g/mol. The number of carbonyl (C=O) groups excluding carboxylic acids is 1. The minimum absolute atomic E-state index is 0.0877. The molecule has 1 amide bonds. The number of nitrogens with one attached hydrogen (secondary N) is 2. The summed E-state index contributed by atoms with van der Waals surface area (Å²) in [5.41, 5.74) is 0.651. The van der Waals surface area contributed by atoms with Gasteiger partial charge in [0.15, 0.2) is 0 Å². The molecule has 1 aromatic heterocycles. The number of anilines is 1. The molecule has 2 N–H and O–H groups in total. The van der Waals surface area contributed by atoms with Crippen LogP contribution < -0.4 is 10.6 Å². The average Bonchev–Trinajstić information content (AvgIpc) is 2.59. The van der Waals surface area contributed by atoms with E-state index in [0.29, 0.717) is 36.8 Å². The zero-order valence-electron chi connectivity index (χ0n) is 13.9. The van der Waals surface area contributed by atoms with Crippen LogP contribution in [-0.2, 0) is 0 Å². The lowest BCUT2D eigenvalue weighted by Gasteiger charge is -2.07. The Labute approximate surface area is 142 Å². The van der Waals surface area contributed by atoms with Crippen LogP contribution in [0.1, 0.15) is 16.2 Å². The van der Waals surface area contributed by atoms with Gasteiger partial charge in [0.25, 0.3) is 5.91 Å². The summed E-state index contributed by atoms with van der Waals surface area (Å²) in [6.45, 7) is 1.73. The highest BCUT2D eigenvalue weighted by Crippen LogP contribution is 2.01. The first kappa shape index (κ1) is 17.4. The summed E-state index contributed by atoms with van der Waals surface area (Å²) in [4.78, 5) is 22.3. The van der Waals surface area contributed by atoms with E-state index in [2.05, 4.69) is 32.4 Å². The summed E-state index contributed by atoms with van der Waals surface area (Å²) in [7, 11) is 3.91. The van der Waals surface area contributed by atoms with Gasteiger partial charge in [0, 0.05) is 24.8 Å². The molecule has 2 rings (SSSR count). The van der Waals surface area contributed by atoms with Crippen molar-refractivity contribution in [1.82, 2.24) is 20.2 Å². The van der Waals surface area contributed by atoms with Gasteiger partial charge in [0.1, 0.15) is 5.82 Å². The van der Waals surface area contributed by atoms with E-state index in [9.17, 15) is 4.79 Å². The van der Waals surface area contributed by atoms with Crippen LogP contribution in [-0.4, -0.2) is 54.5 Å². The molecule has 1 aromatic carbocycles. The smallest absolute Gasteiger partial charge is 0.251 e. The number of rotatable bonds is 6. The van der Waals surface area contributed by atoms with Gasteiger partial charge in [-0.05, 0) is 38.2 Å². The van der Waals surface area contributed by atoms with Crippen molar-refractivity contribution in [2.45, 2.75) is 0 Å². The Bertz CT molecular complexity index is 719. The molecule has 0 unspecified atom stereocenters. The Hall–Kier alpha value is -2.91. The summed E-state index contributed by atoms with van der Waals surface area (Å²) in [6, 6.07) is 10.9. The summed E-state index contributed by atoms with van der Waals surface area (Å²) in [5, 5.41) is 6.00. The molecular formula is C18H21N5O. The van der Waals surface area contributed by atoms with Crippen LogP contribution in [0.15, 0.2) is 42.6 Å². The fourth-order valence-corrected chi connectivity index (χ4v) is 1.85. The van der Waals surface area contributed by atoms with Crippen molar-refractivity contribution in [2.75, 3.05) is 39.0 Å². The Balaban J connectivity index is 1.78. The maximum absolute atomic E-state index is 11.9. The van der Waals surface area contributed by atoms with Gasteiger partial charge in [0.05, 0.1) is 6.54 Å². The first-order valence-corrected chi connectivity index (χ1v) is 7.69. The first-order chi connectivity index (χ1) is 11.6. The molecule has 0 atom stereocenters. The van der Waals surface area contributed by atoms with E-state index in [4.69, 9.17) is 0 Å². The van der Waals surface area contributed by atoms with Crippen LogP contribution in [0.25, 0.3) is 0 Å². The van der Waals surface area contributed by atoms with E-state index >= 15 is 0 Å². The second kappa shape index (κ2) is 9.28. The molecule has 0 radical (unpaired) electrons. The van der Waals surface area contributed by atoms with E-state index in [0.717, 1.165) is 0 Å². The molecule has 124 valence electrons. The SMILES string of the molecule is CN(C)CC#Cc1nccc(NCCNC(=O)c2ccccc2)n1. The third-order valence-electron chi connectivity index (χ3n) is 3.00. The van der Waals surface area contributed by atoms with E-state index in [1.54, 1.807) is 24.4 Å². The van der Waals surface area contributed by atoms with Crippen molar-refractivity contribution in [3.63, 3.8) is 0 Å². The lowest BCUT2D eigenvalue weighted by atomic mass is 10.2. The Morgan fingerprint density at radius 2 is 1.96 bits per heavy atom. The summed E-state index contributed by atoms with van der Waals surface area (Å²) >= 11 is 0. The molecule has 0 aliphatic carbocycles. The molecule has 0 saturated heterocycles. The monoisotopic (exact) mass is 323 g/mol. The molecular weight excluding hydrogens is 302 g/mol. The van der Waals surface area contributed by atoms with Crippen molar-refractivity contribution in [2.24, 2.45) is 0 Å². The second-order valence-corrected chi connectivity index (χ2v) is 5.35. The van der Waals surface area contributed by atoms with Gasteiger partial charge < -0.3 is 10.6 Å². The number of hydrogen-bond donors (Lipinski definition) is 2. The summed E-state index contributed by atoms with van der Waals surface area (Å²) in [5.74, 6) is 7.00. The summed E-state index contributed by atoms with van der Waals surface area (Å²) in [6.07, 6.45) is 1.66. The molecule has 6 nitrogen and oxygen atoms in total. The van der Waals surface area contributed by atoms with Crippen molar-refractivity contribution in [3.8, 4) is 11.8 Å². The van der Waals surface area contributed by atoms with Gasteiger partial charge in [-0.2, -0.15) is 0 Å². The van der Waals surface area contributed by atoms with Crippen LogP contribution in [0.2, 0.25) is 0 Å². The van der Waals surface area contributed by atoms with Gasteiger partial charge in [-0.25, -0.2) is 9.97 Å². The largest absolute Gasteiger partial charge is 0.368 e. The highest BCUT2D eigenvalue weighted by molar-refractivity contribution is 5.94. The van der Waals surface area contributed by atoms with Crippen molar-refractivity contribution in [3.05, 3.63) is 54.0 Å². The topological polar surface area (TPSA) is 70.2 Å². The molecule has 0 fully saturated rings. The standard InChI is InChI=1S/C18H21N5O/c1-23(2)14-6-9-16-19-11-10-17(22-16)20-12-13-21-18(24)15-7-4-3-5-8-15/h3-5,7-8,10-11H,12-14H2,1-2H3,(H,21,24)(H,19,20,22). The van der Waals surface area contributed by atoms with Crippen LogP contribution >= 0.6 is 0 Å². The van der Waals surface area contributed by atoms with Gasteiger partial charge in [-0.15, -0.1) is 0 Å². The number of aromatic nitrogens is 2. The molecule has 0 aliphatic heterocycles. The molecule has 0 saturated carbocycles. The zero-order valence-corrected chi connectivity index (χ0v) is 13.9. The van der Waals surface area contributed by atoms with Crippen molar-refractivity contribution in [1.29, 1.82) is 0 Å². The molecule has 2 aromatic rings. The third-order valence-corrected chi connectivity index (χ3v) is 3.00. The highest BCUT2D eigenvalue weighted by Gasteiger charge is 2.03. The fourth-order valence-electron chi connectivity index (χ4n) is 1.85. The minimum Gasteiger partial charge on any atom is -0.368 e. The number of hydrogen-bond acceptors (Lipinski definition) is 5. The summed E-state index contributed by atoms with van der Waals surface area (Å²) < 4.78 is 0. The predicted octanol–water partition coefficient (Wildman–Crippen LogP) is 1.23. The molecule has 0 bridgehead atoms. The number of nitrogens with zero attached hydrogens (tertiary/aromatic N) is 3. The highest BCUT2D eigenvalue weighted by atomic mass is 16.1. The first-order valence-electron chi connectivity index (χ1n) is 7.69. The fraction of sp³-hybridized carbons (Fsp3) is 0.278. The van der Waals surface area contributed by atoms with Gasteiger partial charge in [-0.1, -0.05) is 24.1 Å². The van der Waals surface area contributed by atoms with E-state index < -0.39 is 0 Å². The maximum atomic E-state index is 11.9. The lowest BCUT2D eigenvalue weighted by Crippen LogP contribution is -2.28. The zero-order chi connectivity index (χ0) is 17.2. The van der Waals surface area contributed by atoms with E-state index in [1.165, 1.54) is 0 Å².